The maximum Gasteiger partial charge on any atom is 0.261 e. The van der Waals surface area contributed by atoms with Gasteiger partial charge in [0, 0.05) is 10.7 Å². The normalized spacial score (nSPS) is 11.6. The molecule has 0 aliphatic carbocycles. The fourth-order valence-electron chi connectivity index (χ4n) is 2.45. The minimum Gasteiger partial charge on any atom is -0.481 e. The highest BCUT2D eigenvalue weighted by Gasteiger charge is 2.16. The maximum absolute atomic E-state index is 12.1. The highest BCUT2D eigenvalue weighted by molar-refractivity contribution is 6.31. The number of nitrogens with one attached hydrogen (secondary N) is 2. The van der Waals surface area contributed by atoms with Gasteiger partial charge in [0.1, 0.15) is 5.75 Å². The number of carbonyl (C=O) groups is 2. The van der Waals surface area contributed by atoms with Crippen LogP contribution in [0, 0.1) is 20.8 Å². The van der Waals surface area contributed by atoms with E-state index in [1.807, 2.05) is 39.0 Å². The minimum absolute atomic E-state index is 0.125. The van der Waals surface area contributed by atoms with Crippen molar-refractivity contribution in [1.82, 2.24) is 5.32 Å². The van der Waals surface area contributed by atoms with Gasteiger partial charge in [-0.3, -0.25) is 9.59 Å². The molecule has 138 valence electrons. The van der Waals surface area contributed by atoms with Crippen molar-refractivity contribution in [2.24, 2.45) is 0 Å². The number of halogens is 1. The molecule has 6 heteroatoms. The van der Waals surface area contributed by atoms with Gasteiger partial charge in [0.15, 0.2) is 6.10 Å². The van der Waals surface area contributed by atoms with Gasteiger partial charge in [-0.25, -0.2) is 0 Å². The lowest BCUT2D eigenvalue weighted by Crippen LogP contribution is -2.40. The Kier molecular flexibility index (Phi) is 6.64. The molecule has 0 bridgehead atoms. The Labute approximate surface area is 158 Å². The summed E-state index contributed by atoms with van der Waals surface area (Å²) in [6.07, 6.45) is -0.733. The molecule has 2 N–H and O–H groups in total. The lowest BCUT2D eigenvalue weighted by molar-refractivity contribution is -0.129. The zero-order valence-electron chi connectivity index (χ0n) is 15.4. The summed E-state index contributed by atoms with van der Waals surface area (Å²) in [5.41, 5.74) is 3.58. The minimum atomic E-state index is -0.733. The summed E-state index contributed by atoms with van der Waals surface area (Å²) in [5, 5.41) is 6.05. The Morgan fingerprint density at radius 2 is 1.73 bits per heavy atom. The number of ether oxygens (including phenoxy) is 1. The fourth-order valence-corrected chi connectivity index (χ4v) is 2.57. The second kappa shape index (κ2) is 8.72. The SMILES string of the molecule is Cc1cc(O[C@H](C)C(=O)NCC(=O)Nc2c(C)cccc2C)ccc1Cl. The van der Waals surface area contributed by atoms with Gasteiger partial charge in [0.05, 0.1) is 6.54 Å². The van der Waals surface area contributed by atoms with E-state index in [1.54, 1.807) is 25.1 Å². The number of carbonyl (C=O) groups excluding carboxylic acids is 2. The van der Waals surface area contributed by atoms with Crippen molar-refractivity contribution in [3.05, 3.63) is 58.1 Å². The summed E-state index contributed by atoms with van der Waals surface area (Å²) >= 11 is 5.97. The molecule has 2 amide bonds. The third-order valence-electron chi connectivity index (χ3n) is 3.98. The van der Waals surface area contributed by atoms with Crippen LogP contribution in [0.4, 0.5) is 5.69 Å². The van der Waals surface area contributed by atoms with Gasteiger partial charge in [-0.15, -0.1) is 0 Å². The number of aryl methyl sites for hydroxylation is 3. The Hall–Kier alpha value is -2.53. The Bertz CT molecular complexity index is 800. The molecule has 0 saturated heterocycles. The highest BCUT2D eigenvalue weighted by atomic mass is 35.5. The molecule has 2 rings (SSSR count). The lowest BCUT2D eigenvalue weighted by atomic mass is 10.1. The summed E-state index contributed by atoms with van der Waals surface area (Å²) in [7, 11) is 0. The lowest BCUT2D eigenvalue weighted by Gasteiger charge is -2.16. The summed E-state index contributed by atoms with van der Waals surface area (Å²) in [6.45, 7) is 7.21. The van der Waals surface area contributed by atoms with Gasteiger partial charge >= 0.3 is 0 Å². The molecular weight excluding hydrogens is 352 g/mol. The zero-order chi connectivity index (χ0) is 19.3. The third-order valence-corrected chi connectivity index (χ3v) is 4.40. The standard InChI is InChI=1S/C20H23ClN2O3/c1-12-6-5-7-13(2)19(12)23-18(24)11-22-20(25)15(4)26-16-8-9-17(21)14(3)10-16/h5-10,15H,11H2,1-4H3,(H,22,25)(H,23,24)/t15-/m1/s1. The monoisotopic (exact) mass is 374 g/mol. The molecule has 0 aliphatic rings. The van der Waals surface area contributed by atoms with E-state index in [0.717, 1.165) is 22.4 Å². The van der Waals surface area contributed by atoms with Crippen LogP contribution in [0.2, 0.25) is 5.02 Å². The van der Waals surface area contributed by atoms with Crippen LogP contribution < -0.4 is 15.4 Å². The van der Waals surface area contributed by atoms with Crippen LogP contribution in [0.3, 0.4) is 0 Å². The fraction of sp³-hybridized carbons (Fsp3) is 0.300. The molecule has 0 aliphatic heterocycles. The number of hydrogen-bond donors (Lipinski definition) is 2. The average molecular weight is 375 g/mol. The van der Waals surface area contributed by atoms with Crippen molar-refractivity contribution >= 4 is 29.1 Å². The predicted molar refractivity (Wildman–Crippen MR) is 104 cm³/mol. The van der Waals surface area contributed by atoms with E-state index in [0.29, 0.717) is 10.8 Å². The molecule has 0 fully saturated rings. The molecule has 2 aromatic carbocycles. The molecular formula is C20H23ClN2O3. The number of anilines is 1. The smallest absolute Gasteiger partial charge is 0.261 e. The molecule has 0 saturated carbocycles. The zero-order valence-corrected chi connectivity index (χ0v) is 16.1. The van der Waals surface area contributed by atoms with Gasteiger partial charge in [0.25, 0.3) is 5.91 Å². The van der Waals surface area contributed by atoms with Gasteiger partial charge in [-0.05, 0) is 62.6 Å². The van der Waals surface area contributed by atoms with Gasteiger partial charge in [-0.2, -0.15) is 0 Å². The maximum atomic E-state index is 12.1. The van der Waals surface area contributed by atoms with Gasteiger partial charge < -0.3 is 15.4 Å². The van der Waals surface area contributed by atoms with Crippen LogP contribution in [0.15, 0.2) is 36.4 Å². The molecule has 0 radical (unpaired) electrons. The van der Waals surface area contributed by atoms with Crippen molar-refractivity contribution in [2.75, 3.05) is 11.9 Å². The summed E-state index contributed by atoms with van der Waals surface area (Å²) in [4.78, 5) is 24.3. The summed E-state index contributed by atoms with van der Waals surface area (Å²) < 4.78 is 5.60. The van der Waals surface area contributed by atoms with Crippen molar-refractivity contribution in [1.29, 1.82) is 0 Å². The number of amides is 2. The molecule has 1 atom stereocenters. The van der Waals surface area contributed by atoms with E-state index < -0.39 is 6.10 Å². The molecule has 0 unspecified atom stereocenters. The van der Waals surface area contributed by atoms with Gasteiger partial charge in [-0.1, -0.05) is 29.8 Å². The molecule has 5 nitrogen and oxygen atoms in total. The predicted octanol–water partition coefficient (Wildman–Crippen LogP) is 3.79. The van der Waals surface area contributed by atoms with E-state index in [1.165, 1.54) is 0 Å². The summed E-state index contributed by atoms with van der Waals surface area (Å²) in [5.74, 6) is -0.103. The quantitative estimate of drug-likeness (QED) is 0.808. The van der Waals surface area contributed by atoms with E-state index in [2.05, 4.69) is 10.6 Å². The molecule has 0 heterocycles. The number of para-hydroxylation sites is 1. The Morgan fingerprint density at radius 1 is 1.08 bits per heavy atom. The van der Waals surface area contributed by atoms with E-state index in [4.69, 9.17) is 16.3 Å². The van der Waals surface area contributed by atoms with Gasteiger partial charge in [0.2, 0.25) is 5.91 Å². The molecule has 26 heavy (non-hydrogen) atoms. The highest BCUT2D eigenvalue weighted by Crippen LogP contribution is 2.22. The first-order chi connectivity index (χ1) is 12.3. The second-order valence-corrected chi connectivity index (χ2v) is 6.61. The first-order valence-corrected chi connectivity index (χ1v) is 8.72. The van der Waals surface area contributed by atoms with Crippen LogP contribution in [-0.2, 0) is 9.59 Å². The van der Waals surface area contributed by atoms with Crippen LogP contribution in [0.5, 0.6) is 5.75 Å². The Balaban J connectivity index is 1.87. The van der Waals surface area contributed by atoms with E-state index in [9.17, 15) is 9.59 Å². The van der Waals surface area contributed by atoms with Crippen LogP contribution in [0.1, 0.15) is 23.6 Å². The number of benzene rings is 2. The largest absolute Gasteiger partial charge is 0.481 e. The Morgan fingerprint density at radius 3 is 2.35 bits per heavy atom. The molecule has 2 aromatic rings. The van der Waals surface area contributed by atoms with Crippen LogP contribution in [0.25, 0.3) is 0 Å². The van der Waals surface area contributed by atoms with Crippen molar-refractivity contribution in [2.45, 2.75) is 33.8 Å². The van der Waals surface area contributed by atoms with Crippen molar-refractivity contribution in [3.8, 4) is 5.75 Å². The van der Waals surface area contributed by atoms with Crippen LogP contribution >= 0.6 is 11.6 Å². The van der Waals surface area contributed by atoms with E-state index in [-0.39, 0.29) is 18.4 Å². The number of hydrogen-bond acceptors (Lipinski definition) is 3. The number of rotatable bonds is 6. The average Bonchev–Trinajstić information content (AvgIpc) is 2.59. The molecule has 0 aromatic heterocycles. The molecule has 0 spiro atoms. The second-order valence-electron chi connectivity index (χ2n) is 6.20. The topological polar surface area (TPSA) is 67.4 Å². The summed E-state index contributed by atoms with van der Waals surface area (Å²) in [6, 6.07) is 11.0. The third kappa shape index (κ3) is 5.23. The van der Waals surface area contributed by atoms with Crippen molar-refractivity contribution in [3.63, 3.8) is 0 Å². The van der Waals surface area contributed by atoms with E-state index >= 15 is 0 Å². The first-order valence-electron chi connectivity index (χ1n) is 8.34. The van der Waals surface area contributed by atoms with Crippen molar-refractivity contribution < 1.29 is 14.3 Å². The van der Waals surface area contributed by atoms with Crippen LogP contribution in [-0.4, -0.2) is 24.5 Å². The first kappa shape index (κ1) is 19.8.